The molecule has 0 radical (unpaired) electrons. The van der Waals surface area contributed by atoms with Crippen molar-refractivity contribution in [3.8, 4) is 22.5 Å². The average Bonchev–Trinajstić information content (AvgIpc) is 3.18. The number of likely N-dealkylation sites (N-methyl/N-ethyl adjacent to an activating group) is 1. The zero-order valence-electron chi connectivity index (χ0n) is 17.4. The van der Waals surface area contributed by atoms with E-state index in [1.165, 1.54) is 12.1 Å². The van der Waals surface area contributed by atoms with Crippen molar-refractivity contribution < 1.29 is 13.2 Å². The zero-order valence-corrected chi connectivity index (χ0v) is 17.4. The molecule has 1 aliphatic heterocycles. The van der Waals surface area contributed by atoms with Gasteiger partial charge in [-0.2, -0.15) is 13.2 Å². The number of hydrogen-bond acceptors (Lipinski definition) is 5. The number of nitrogens with zero attached hydrogens (tertiary/aromatic N) is 6. The molecule has 164 valence electrons. The number of pyridine rings is 1. The van der Waals surface area contributed by atoms with Crippen LogP contribution in [-0.2, 0) is 6.18 Å². The second-order valence-electron chi connectivity index (χ2n) is 7.87. The maximum absolute atomic E-state index is 13.0. The van der Waals surface area contributed by atoms with Crippen molar-refractivity contribution in [3.05, 3.63) is 66.5 Å². The summed E-state index contributed by atoms with van der Waals surface area (Å²) in [7, 11) is 2.10. The Labute approximate surface area is 182 Å². The SMILES string of the molecule is CN1CCN(c2ccc3nc(-c4ccc(C(F)(F)F)cc4)c(-c4ccncc4)n3n2)CC1. The van der Waals surface area contributed by atoms with Gasteiger partial charge in [0, 0.05) is 49.7 Å². The minimum atomic E-state index is -4.38. The zero-order chi connectivity index (χ0) is 22.3. The fraction of sp³-hybridized carbons (Fsp3) is 0.261. The third kappa shape index (κ3) is 3.80. The molecule has 5 rings (SSSR count). The molecule has 0 N–H and O–H groups in total. The number of hydrogen-bond donors (Lipinski definition) is 0. The van der Waals surface area contributed by atoms with Crippen molar-refractivity contribution >= 4 is 11.5 Å². The van der Waals surface area contributed by atoms with Crippen LogP contribution < -0.4 is 4.90 Å². The second-order valence-corrected chi connectivity index (χ2v) is 7.87. The van der Waals surface area contributed by atoms with Gasteiger partial charge in [-0.1, -0.05) is 12.1 Å². The second kappa shape index (κ2) is 7.90. The number of rotatable bonds is 3. The number of alkyl halides is 3. The van der Waals surface area contributed by atoms with Gasteiger partial charge in [0.05, 0.1) is 11.3 Å². The highest BCUT2D eigenvalue weighted by Crippen LogP contribution is 2.35. The van der Waals surface area contributed by atoms with Gasteiger partial charge in [-0.15, -0.1) is 5.10 Å². The van der Waals surface area contributed by atoms with Crippen LogP contribution in [0.25, 0.3) is 28.2 Å². The third-order valence-corrected chi connectivity index (χ3v) is 5.73. The van der Waals surface area contributed by atoms with E-state index < -0.39 is 11.7 Å². The maximum atomic E-state index is 13.0. The quantitative estimate of drug-likeness (QED) is 0.479. The number of aromatic nitrogens is 4. The van der Waals surface area contributed by atoms with E-state index >= 15 is 0 Å². The van der Waals surface area contributed by atoms with E-state index in [0.717, 1.165) is 55.4 Å². The summed E-state index contributed by atoms with van der Waals surface area (Å²) in [6, 6.07) is 12.6. The number of halogens is 3. The van der Waals surface area contributed by atoms with E-state index in [-0.39, 0.29) is 0 Å². The number of benzene rings is 1. The Hall–Kier alpha value is -3.46. The van der Waals surface area contributed by atoms with Gasteiger partial charge in [0.2, 0.25) is 0 Å². The first-order valence-corrected chi connectivity index (χ1v) is 10.3. The molecule has 0 aliphatic carbocycles. The molecule has 32 heavy (non-hydrogen) atoms. The molecule has 0 bridgehead atoms. The Bertz CT molecular complexity index is 1230. The van der Waals surface area contributed by atoms with Crippen LogP contribution in [0.15, 0.2) is 60.9 Å². The van der Waals surface area contributed by atoms with Gasteiger partial charge < -0.3 is 9.80 Å². The molecule has 0 saturated carbocycles. The first kappa shape index (κ1) is 20.4. The standard InChI is InChI=1S/C23H21F3N6/c1-30-12-14-31(15-13-30)20-7-6-19-28-21(16-2-4-18(5-3-16)23(24,25)26)22(32(19)29-20)17-8-10-27-11-9-17/h2-11H,12-15H2,1H3. The molecule has 3 aromatic heterocycles. The van der Waals surface area contributed by atoms with Crippen molar-refractivity contribution in [1.82, 2.24) is 24.5 Å². The van der Waals surface area contributed by atoms with Crippen molar-refractivity contribution in [2.24, 2.45) is 0 Å². The molecule has 4 aromatic rings. The summed E-state index contributed by atoms with van der Waals surface area (Å²) in [5.74, 6) is 0.845. The largest absolute Gasteiger partial charge is 0.416 e. The molecule has 1 aliphatic rings. The number of imidazole rings is 1. The third-order valence-electron chi connectivity index (χ3n) is 5.73. The smallest absolute Gasteiger partial charge is 0.353 e. The van der Waals surface area contributed by atoms with Crippen LogP contribution in [0.3, 0.4) is 0 Å². The molecular formula is C23H21F3N6. The Morgan fingerprint density at radius 1 is 0.812 bits per heavy atom. The summed E-state index contributed by atoms with van der Waals surface area (Å²) >= 11 is 0. The molecular weight excluding hydrogens is 417 g/mol. The summed E-state index contributed by atoms with van der Waals surface area (Å²) in [4.78, 5) is 13.3. The Kier molecular flexibility index (Phi) is 5.05. The van der Waals surface area contributed by atoms with Crippen molar-refractivity contribution in [2.45, 2.75) is 6.18 Å². The van der Waals surface area contributed by atoms with Crippen LogP contribution in [0.1, 0.15) is 5.56 Å². The van der Waals surface area contributed by atoms with Crippen LogP contribution in [0.2, 0.25) is 0 Å². The van der Waals surface area contributed by atoms with Crippen LogP contribution in [0.5, 0.6) is 0 Å². The van der Waals surface area contributed by atoms with Gasteiger partial charge in [-0.3, -0.25) is 4.98 Å². The van der Waals surface area contributed by atoms with E-state index in [0.29, 0.717) is 16.9 Å². The van der Waals surface area contributed by atoms with Crippen LogP contribution in [0.4, 0.5) is 19.0 Å². The molecule has 0 atom stereocenters. The van der Waals surface area contributed by atoms with Crippen LogP contribution in [0, 0.1) is 0 Å². The predicted molar refractivity (Wildman–Crippen MR) is 116 cm³/mol. The number of fused-ring (bicyclic) bond motifs is 1. The topological polar surface area (TPSA) is 49.6 Å². The average molecular weight is 438 g/mol. The Morgan fingerprint density at radius 3 is 2.16 bits per heavy atom. The van der Waals surface area contributed by atoms with Gasteiger partial charge in [0.15, 0.2) is 5.65 Å². The van der Waals surface area contributed by atoms with Gasteiger partial charge in [-0.25, -0.2) is 9.50 Å². The minimum Gasteiger partial charge on any atom is -0.353 e. The van der Waals surface area contributed by atoms with Crippen molar-refractivity contribution in [1.29, 1.82) is 0 Å². The van der Waals surface area contributed by atoms with E-state index in [1.54, 1.807) is 16.9 Å². The summed E-state index contributed by atoms with van der Waals surface area (Å²) in [5, 5.41) is 4.86. The van der Waals surface area contributed by atoms with Crippen molar-refractivity contribution in [2.75, 3.05) is 38.1 Å². The molecule has 1 fully saturated rings. The van der Waals surface area contributed by atoms with Crippen molar-refractivity contribution in [3.63, 3.8) is 0 Å². The summed E-state index contributed by atoms with van der Waals surface area (Å²) < 4.78 is 40.9. The lowest BCUT2D eigenvalue weighted by Crippen LogP contribution is -2.44. The first-order chi connectivity index (χ1) is 15.4. The summed E-state index contributed by atoms with van der Waals surface area (Å²) in [5.41, 5.74) is 2.67. The molecule has 1 aromatic carbocycles. The van der Waals surface area contributed by atoms with Crippen LogP contribution in [-0.4, -0.2) is 57.7 Å². The van der Waals surface area contributed by atoms with Gasteiger partial charge in [-0.05, 0) is 43.4 Å². The highest BCUT2D eigenvalue weighted by atomic mass is 19.4. The molecule has 0 amide bonds. The summed E-state index contributed by atoms with van der Waals surface area (Å²) in [6.45, 7) is 3.66. The number of anilines is 1. The molecule has 0 unspecified atom stereocenters. The summed E-state index contributed by atoms with van der Waals surface area (Å²) in [6.07, 6.45) is -1.03. The predicted octanol–water partition coefficient (Wildman–Crippen LogP) is 4.23. The highest BCUT2D eigenvalue weighted by Gasteiger charge is 2.30. The molecule has 1 saturated heterocycles. The van der Waals surface area contributed by atoms with Gasteiger partial charge in [0.1, 0.15) is 11.5 Å². The fourth-order valence-electron chi connectivity index (χ4n) is 3.92. The van der Waals surface area contributed by atoms with E-state index in [9.17, 15) is 13.2 Å². The monoisotopic (exact) mass is 438 g/mol. The molecule has 0 spiro atoms. The van der Waals surface area contributed by atoms with Gasteiger partial charge >= 0.3 is 6.18 Å². The van der Waals surface area contributed by atoms with E-state index in [4.69, 9.17) is 10.1 Å². The minimum absolute atomic E-state index is 0.577. The van der Waals surface area contributed by atoms with E-state index in [2.05, 4.69) is 21.8 Å². The van der Waals surface area contributed by atoms with Gasteiger partial charge in [0.25, 0.3) is 0 Å². The molecule has 9 heteroatoms. The van der Waals surface area contributed by atoms with E-state index in [1.807, 2.05) is 24.3 Å². The lowest BCUT2D eigenvalue weighted by atomic mass is 10.0. The highest BCUT2D eigenvalue weighted by molar-refractivity contribution is 5.81. The van der Waals surface area contributed by atoms with Crippen LogP contribution >= 0.6 is 0 Å². The number of piperazine rings is 1. The fourth-order valence-corrected chi connectivity index (χ4v) is 3.92. The Balaban J connectivity index is 1.64. The Morgan fingerprint density at radius 2 is 1.50 bits per heavy atom. The molecule has 6 nitrogen and oxygen atoms in total. The lowest BCUT2D eigenvalue weighted by molar-refractivity contribution is -0.137. The first-order valence-electron chi connectivity index (χ1n) is 10.3. The lowest BCUT2D eigenvalue weighted by Gasteiger charge is -2.33. The maximum Gasteiger partial charge on any atom is 0.416 e. The molecule has 4 heterocycles. The normalized spacial score (nSPS) is 15.4.